The van der Waals surface area contributed by atoms with Gasteiger partial charge in [0.2, 0.25) is 0 Å². The Morgan fingerprint density at radius 3 is 2.96 bits per heavy atom. The van der Waals surface area contributed by atoms with Crippen molar-refractivity contribution in [1.29, 1.82) is 0 Å². The summed E-state index contributed by atoms with van der Waals surface area (Å²) in [6.45, 7) is 0. The van der Waals surface area contributed by atoms with Crippen molar-refractivity contribution in [2.24, 2.45) is 10.7 Å². The maximum atomic E-state index is 14.3. The molecule has 4 nitrogen and oxygen atoms in total. The van der Waals surface area contributed by atoms with E-state index >= 15 is 0 Å². The molecule has 23 heavy (non-hydrogen) atoms. The summed E-state index contributed by atoms with van der Waals surface area (Å²) in [6.07, 6.45) is 5.13. The van der Waals surface area contributed by atoms with Gasteiger partial charge in [0.05, 0.1) is 19.3 Å². The Labute approximate surface area is 139 Å². The first kappa shape index (κ1) is 15.8. The summed E-state index contributed by atoms with van der Waals surface area (Å²) >= 11 is 1.53. The summed E-state index contributed by atoms with van der Waals surface area (Å²) in [5.41, 5.74) is 8.21. The summed E-state index contributed by atoms with van der Waals surface area (Å²) in [5, 5.41) is 0.528. The van der Waals surface area contributed by atoms with Crippen LogP contribution in [-0.2, 0) is 0 Å². The molecule has 1 aromatic carbocycles. The zero-order chi connectivity index (χ0) is 16.2. The minimum atomic E-state index is -0.252. The number of ether oxygens (including phenoxy) is 1. The van der Waals surface area contributed by atoms with Crippen LogP contribution in [0.2, 0.25) is 0 Å². The molecule has 1 unspecified atom stereocenters. The molecule has 0 saturated carbocycles. The number of aromatic nitrogens is 1. The smallest absolute Gasteiger partial charge is 0.154 e. The lowest BCUT2D eigenvalue weighted by atomic mass is 9.97. The first-order chi connectivity index (χ1) is 11.2. The van der Waals surface area contributed by atoms with Crippen LogP contribution in [0.25, 0.3) is 11.1 Å². The molecule has 2 heterocycles. The highest BCUT2D eigenvalue weighted by Gasteiger charge is 2.19. The second kappa shape index (κ2) is 7.00. The third kappa shape index (κ3) is 3.64. The van der Waals surface area contributed by atoms with E-state index < -0.39 is 0 Å². The van der Waals surface area contributed by atoms with Crippen molar-refractivity contribution < 1.29 is 9.13 Å². The SMILES string of the molecule is COc1cncc(-c2ccc(F)c(C3CCCSC(N)=N3)c2)c1. The van der Waals surface area contributed by atoms with Gasteiger partial charge in [-0.3, -0.25) is 9.98 Å². The minimum absolute atomic E-state index is 0.233. The molecule has 2 aromatic rings. The predicted molar refractivity (Wildman–Crippen MR) is 92.2 cm³/mol. The van der Waals surface area contributed by atoms with Gasteiger partial charge in [-0.15, -0.1) is 0 Å². The third-order valence-electron chi connectivity index (χ3n) is 3.79. The number of aliphatic imine (C=N–C) groups is 1. The molecule has 2 N–H and O–H groups in total. The molecule has 0 amide bonds. The van der Waals surface area contributed by atoms with Gasteiger partial charge < -0.3 is 10.5 Å². The van der Waals surface area contributed by atoms with Gasteiger partial charge in [-0.25, -0.2) is 4.39 Å². The van der Waals surface area contributed by atoms with E-state index in [1.165, 1.54) is 17.8 Å². The topological polar surface area (TPSA) is 60.5 Å². The standard InChI is InChI=1S/C17H18FN3OS/c1-22-13-7-12(9-20-10-13)11-4-5-15(18)14(8-11)16-3-2-6-23-17(19)21-16/h4-5,7-10,16H,2-3,6H2,1H3,(H2,19,21). The van der Waals surface area contributed by atoms with Crippen molar-refractivity contribution in [1.82, 2.24) is 4.98 Å². The molecule has 0 aliphatic carbocycles. The van der Waals surface area contributed by atoms with E-state index in [0.717, 1.165) is 29.7 Å². The molecule has 1 aliphatic rings. The van der Waals surface area contributed by atoms with Gasteiger partial charge in [0.25, 0.3) is 0 Å². The Kier molecular flexibility index (Phi) is 4.81. The van der Waals surface area contributed by atoms with Gasteiger partial charge >= 0.3 is 0 Å². The molecule has 1 aliphatic heterocycles. The first-order valence-electron chi connectivity index (χ1n) is 7.42. The molecule has 0 bridgehead atoms. The Balaban J connectivity index is 2.00. The molecular formula is C17H18FN3OS. The average molecular weight is 331 g/mol. The number of hydrogen-bond donors (Lipinski definition) is 1. The maximum Gasteiger partial charge on any atom is 0.154 e. The largest absolute Gasteiger partial charge is 0.495 e. The quantitative estimate of drug-likeness (QED) is 0.930. The predicted octanol–water partition coefficient (Wildman–Crippen LogP) is 3.78. The normalized spacial score (nSPS) is 18.2. The van der Waals surface area contributed by atoms with E-state index in [4.69, 9.17) is 10.5 Å². The zero-order valence-corrected chi connectivity index (χ0v) is 13.6. The van der Waals surface area contributed by atoms with Crippen LogP contribution in [0.15, 0.2) is 41.7 Å². The molecule has 0 saturated heterocycles. The second-order valence-electron chi connectivity index (χ2n) is 5.32. The third-order valence-corrected chi connectivity index (χ3v) is 4.69. The summed E-state index contributed by atoms with van der Waals surface area (Å²) in [4.78, 5) is 8.61. The summed E-state index contributed by atoms with van der Waals surface area (Å²) in [5.74, 6) is 1.34. The number of rotatable bonds is 3. The van der Waals surface area contributed by atoms with Crippen molar-refractivity contribution in [3.63, 3.8) is 0 Å². The van der Waals surface area contributed by atoms with E-state index in [-0.39, 0.29) is 11.9 Å². The number of nitrogens with zero attached hydrogens (tertiary/aromatic N) is 2. The molecule has 0 radical (unpaired) electrons. The molecule has 1 atom stereocenters. The summed E-state index contributed by atoms with van der Waals surface area (Å²) < 4.78 is 19.5. The lowest BCUT2D eigenvalue weighted by Crippen LogP contribution is -2.08. The van der Waals surface area contributed by atoms with Crippen molar-refractivity contribution in [2.75, 3.05) is 12.9 Å². The van der Waals surface area contributed by atoms with Crippen LogP contribution in [0.4, 0.5) is 4.39 Å². The lowest BCUT2D eigenvalue weighted by Gasteiger charge is -2.14. The summed E-state index contributed by atoms with van der Waals surface area (Å²) in [7, 11) is 1.59. The lowest BCUT2D eigenvalue weighted by molar-refractivity contribution is 0.413. The number of pyridine rings is 1. The number of methoxy groups -OCH3 is 1. The number of halogens is 1. The van der Waals surface area contributed by atoms with Crippen molar-refractivity contribution in [2.45, 2.75) is 18.9 Å². The fourth-order valence-electron chi connectivity index (χ4n) is 2.60. The van der Waals surface area contributed by atoms with Gasteiger partial charge in [-0.05, 0) is 36.6 Å². The molecule has 1 aromatic heterocycles. The van der Waals surface area contributed by atoms with Crippen molar-refractivity contribution in [3.8, 4) is 16.9 Å². The molecule has 0 fully saturated rings. The van der Waals surface area contributed by atoms with E-state index in [1.807, 2.05) is 12.1 Å². The van der Waals surface area contributed by atoms with E-state index in [9.17, 15) is 4.39 Å². The van der Waals surface area contributed by atoms with Crippen LogP contribution in [0.1, 0.15) is 24.4 Å². The van der Waals surface area contributed by atoms with Crippen LogP contribution in [-0.4, -0.2) is 23.0 Å². The highest BCUT2D eigenvalue weighted by Crippen LogP contribution is 2.33. The highest BCUT2D eigenvalue weighted by atomic mass is 32.2. The van der Waals surface area contributed by atoms with Gasteiger partial charge in [0, 0.05) is 23.1 Å². The summed E-state index contributed by atoms with van der Waals surface area (Å²) in [6, 6.07) is 6.71. The fourth-order valence-corrected chi connectivity index (χ4v) is 3.32. The number of hydrogen-bond acceptors (Lipinski definition) is 5. The van der Waals surface area contributed by atoms with E-state index in [1.54, 1.807) is 25.6 Å². The highest BCUT2D eigenvalue weighted by molar-refractivity contribution is 8.13. The Morgan fingerprint density at radius 2 is 2.13 bits per heavy atom. The molecule has 6 heteroatoms. The minimum Gasteiger partial charge on any atom is -0.495 e. The van der Waals surface area contributed by atoms with E-state index in [0.29, 0.717) is 16.5 Å². The van der Waals surface area contributed by atoms with Crippen LogP contribution in [0.3, 0.4) is 0 Å². The van der Waals surface area contributed by atoms with Crippen LogP contribution in [0.5, 0.6) is 5.75 Å². The molecule has 3 rings (SSSR count). The number of amidine groups is 1. The van der Waals surface area contributed by atoms with Crippen LogP contribution >= 0.6 is 11.8 Å². The average Bonchev–Trinajstić information content (AvgIpc) is 2.80. The monoisotopic (exact) mass is 331 g/mol. The van der Waals surface area contributed by atoms with Gasteiger partial charge in [-0.1, -0.05) is 17.8 Å². The van der Waals surface area contributed by atoms with Crippen LogP contribution < -0.4 is 10.5 Å². The zero-order valence-electron chi connectivity index (χ0n) is 12.8. The second-order valence-corrected chi connectivity index (χ2v) is 6.44. The molecule has 0 spiro atoms. The van der Waals surface area contributed by atoms with E-state index in [2.05, 4.69) is 9.98 Å². The number of benzene rings is 1. The first-order valence-corrected chi connectivity index (χ1v) is 8.41. The molecular weight excluding hydrogens is 313 g/mol. The Morgan fingerprint density at radius 1 is 1.26 bits per heavy atom. The Bertz CT molecular complexity index is 736. The maximum absolute atomic E-state index is 14.3. The van der Waals surface area contributed by atoms with Gasteiger partial charge in [0.15, 0.2) is 5.17 Å². The number of thioether (sulfide) groups is 1. The van der Waals surface area contributed by atoms with Gasteiger partial charge in [0.1, 0.15) is 11.6 Å². The number of nitrogens with two attached hydrogens (primary N) is 1. The van der Waals surface area contributed by atoms with Crippen molar-refractivity contribution >= 4 is 16.9 Å². The fraction of sp³-hybridized carbons (Fsp3) is 0.294. The molecule has 120 valence electrons. The Hall–Kier alpha value is -2.08. The van der Waals surface area contributed by atoms with Crippen LogP contribution in [0, 0.1) is 5.82 Å². The van der Waals surface area contributed by atoms with Crippen molar-refractivity contribution in [3.05, 3.63) is 48.0 Å². The van der Waals surface area contributed by atoms with Gasteiger partial charge in [-0.2, -0.15) is 0 Å².